The molecule has 120 valence electrons. The summed E-state index contributed by atoms with van der Waals surface area (Å²) in [4.78, 5) is 21.3. The molecule has 1 saturated carbocycles. The lowest BCUT2D eigenvalue weighted by Gasteiger charge is -2.40. The standard InChI is InChI=1S/C17H20N4O2/c1-10-2-3-14-12(8-10)15(22)13(9-19-14)17-20-16(21-23-17)11-4-6-18-7-5-11/h4-7,10,12-14,19H,2-3,8-9H2,1H3. The van der Waals surface area contributed by atoms with Gasteiger partial charge in [-0.25, -0.2) is 0 Å². The van der Waals surface area contributed by atoms with Crippen molar-refractivity contribution < 1.29 is 9.32 Å². The monoisotopic (exact) mass is 312 g/mol. The van der Waals surface area contributed by atoms with E-state index in [-0.39, 0.29) is 17.6 Å². The molecule has 4 atom stereocenters. The molecule has 2 aliphatic rings. The highest BCUT2D eigenvalue weighted by Crippen LogP contribution is 2.36. The highest BCUT2D eigenvalue weighted by molar-refractivity contribution is 5.89. The van der Waals surface area contributed by atoms with Crippen molar-refractivity contribution in [3.8, 4) is 11.4 Å². The predicted molar refractivity (Wildman–Crippen MR) is 83.6 cm³/mol. The Morgan fingerprint density at radius 1 is 1.26 bits per heavy atom. The van der Waals surface area contributed by atoms with Crippen molar-refractivity contribution in [1.82, 2.24) is 20.4 Å². The van der Waals surface area contributed by atoms with Crippen LogP contribution in [-0.2, 0) is 4.79 Å². The molecule has 1 aliphatic heterocycles. The molecule has 2 aromatic heterocycles. The third-order valence-electron chi connectivity index (χ3n) is 5.08. The minimum Gasteiger partial charge on any atom is -0.338 e. The van der Waals surface area contributed by atoms with E-state index >= 15 is 0 Å². The molecule has 4 unspecified atom stereocenters. The molecular weight excluding hydrogens is 292 g/mol. The summed E-state index contributed by atoms with van der Waals surface area (Å²) >= 11 is 0. The van der Waals surface area contributed by atoms with Gasteiger partial charge in [-0.15, -0.1) is 0 Å². The second-order valence-corrected chi connectivity index (χ2v) is 6.69. The Hall–Kier alpha value is -2.08. The molecule has 2 aromatic rings. The van der Waals surface area contributed by atoms with Crippen molar-refractivity contribution in [2.24, 2.45) is 11.8 Å². The van der Waals surface area contributed by atoms with E-state index in [9.17, 15) is 4.79 Å². The van der Waals surface area contributed by atoms with Gasteiger partial charge < -0.3 is 9.84 Å². The van der Waals surface area contributed by atoms with E-state index in [0.29, 0.717) is 30.2 Å². The van der Waals surface area contributed by atoms with Crippen LogP contribution in [-0.4, -0.2) is 33.5 Å². The molecule has 2 fully saturated rings. The van der Waals surface area contributed by atoms with Crippen molar-refractivity contribution >= 4 is 5.78 Å². The van der Waals surface area contributed by atoms with Crippen LogP contribution in [0.15, 0.2) is 29.0 Å². The number of Topliss-reactive ketones (excluding diaryl/α,β-unsaturated/α-hetero) is 1. The van der Waals surface area contributed by atoms with Gasteiger partial charge in [0, 0.05) is 36.5 Å². The first kappa shape index (κ1) is 14.5. The number of carbonyl (C=O) groups excluding carboxylic acids is 1. The largest absolute Gasteiger partial charge is 0.338 e. The quantitative estimate of drug-likeness (QED) is 0.915. The predicted octanol–water partition coefficient (Wildman–Crippen LogP) is 2.19. The molecule has 1 aliphatic carbocycles. The summed E-state index contributed by atoms with van der Waals surface area (Å²) in [5.74, 6) is 1.54. The van der Waals surface area contributed by atoms with Crippen LogP contribution < -0.4 is 5.32 Å². The van der Waals surface area contributed by atoms with Crippen LogP contribution in [0, 0.1) is 11.8 Å². The van der Waals surface area contributed by atoms with E-state index in [1.165, 1.54) is 6.42 Å². The molecule has 0 radical (unpaired) electrons. The fourth-order valence-electron chi connectivity index (χ4n) is 3.77. The summed E-state index contributed by atoms with van der Waals surface area (Å²) < 4.78 is 5.39. The Morgan fingerprint density at radius 2 is 2.09 bits per heavy atom. The highest BCUT2D eigenvalue weighted by atomic mass is 16.5. The lowest BCUT2D eigenvalue weighted by atomic mass is 9.71. The van der Waals surface area contributed by atoms with Crippen molar-refractivity contribution in [2.45, 2.75) is 38.1 Å². The molecule has 0 aromatic carbocycles. The van der Waals surface area contributed by atoms with Gasteiger partial charge in [-0.1, -0.05) is 12.1 Å². The first-order chi connectivity index (χ1) is 11.2. The van der Waals surface area contributed by atoms with Gasteiger partial charge in [-0.05, 0) is 37.3 Å². The fraction of sp³-hybridized carbons (Fsp3) is 0.529. The molecule has 3 heterocycles. The SMILES string of the molecule is CC1CCC2NCC(c3nc(-c4ccncc4)no3)C(=O)C2C1. The summed E-state index contributed by atoms with van der Waals surface area (Å²) in [5, 5.41) is 7.53. The number of fused-ring (bicyclic) bond motifs is 1. The number of nitrogens with zero attached hydrogens (tertiary/aromatic N) is 3. The number of piperidine rings is 1. The van der Waals surface area contributed by atoms with Gasteiger partial charge in [0.25, 0.3) is 0 Å². The summed E-state index contributed by atoms with van der Waals surface area (Å²) in [6.45, 7) is 2.81. The Kier molecular flexibility index (Phi) is 3.69. The third kappa shape index (κ3) is 2.67. The van der Waals surface area contributed by atoms with E-state index in [1.807, 2.05) is 12.1 Å². The maximum absolute atomic E-state index is 12.9. The number of ketones is 1. The maximum Gasteiger partial charge on any atom is 0.238 e. The fourth-order valence-corrected chi connectivity index (χ4v) is 3.77. The zero-order valence-electron chi connectivity index (χ0n) is 13.1. The zero-order chi connectivity index (χ0) is 15.8. The Bertz CT molecular complexity index is 700. The molecule has 6 heteroatoms. The first-order valence-electron chi connectivity index (χ1n) is 8.23. The number of nitrogens with one attached hydrogen (secondary N) is 1. The Labute approximate surface area is 134 Å². The number of aromatic nitrogens is 3. The summed E-state index contributed by atoms with van der Waals surface area (Å²) in [6, 6.07) is 3.97. The van der Waals surface area contributed by atoms with E-state index in [2.05, 4.69) is 27.4 Å². The van der Waals surface area contributed by atoms with Crippen molar-refractivity contribution in [3.05, 3.63) is 30.4 Å². The van der Waals surface area contributed by atoms with E-state index in [0.717, 1.165) is 18.4 Å². The van der Waals surface area contributed by atoms with E-state index in [1.54, 1.807) is 12.4 Å². The number of rotatable bonds is 2. The molecule has 0 bridgehead atoms. The normalized spacial score (nSPS) is 30.9. The van der Waals surface area contributed by atoms with Gasteiger partial charge in [0.15, 0.2) is 5.78 Å². The van der Waals surface area contributed by atoms with Crippen molar-refractivity contribution in [3.63, 3.8) is 0 Å². The maximum atomic E-state index is 12.9. The number of hydrogen-bond acceptors (Lipinski definition) is 6. The van der Waals surface area contributed by atoms with Crippen LogP contribution in [0.1, 0.15) is 38.0 Å². The third-order valence-corrected chi connectivity index (χ3v) is 5.08. The second kappa shape index (κ2) is 5.85. The molecular formula is C17H20N4O2. The second-order valence-electron chi connectivity index (χ2n) is 6.69. The van der Waals surface area contributed by atoms with Gasteiger partial charge in [-0.3, -0.25) is 9.78 Å². The highest BCUT2D eigenvalue weighted by Gasteiger charge is 2.43. The minimum absolute atomic E-state index is 0.0776. The van der Waals surface area contributed by atoms with Crippen LogP contribution in [0.4, 0.5) is 0 Å². The summed E-state index contributed by atoms with van der Waals surface area (Å²) in [5.41, 5.74) is 0.843. The van der Waals surface area contributed by atoms with Crippen molar-refractivity contribution in [2.75, 3.05) is 6.54 Å². The number of pyridine rings is 1. The Balaban J connectivity index is 1.57. The lowest BCUT2D eigenvalue weighted by Crippen LogP contribution is -2.52. The molecule has 23 heavy (non-hydrogen) atoms. The number of carbonyl (C=O) groups is 1. The van der Waals surface area contributed by atoms with Crippen LogP contribution >= 0.6 is 0 Å². The molecule has 0 amide bonds. The van der Waals surface area contributed by atoms with Crippen LogP contribution in [0.25, 0.3) is 11.4 Å². The smallest absolute Gasteiger partial charge is 0.238 e. The van der Waals surface area contributed by atoms with Crippen LogP contribution in [0.2, 0.25) is 0 Å². The van der Waals surface area contributed by atoms with Gasteiger partial charge in [-0.2, -0.15) is 4.98 Å². The van der Waals surface area contributed by atoms with Crippen LogP contribution in [0.5, 0.6) is 0 Å². The zero-order valence-corrected chi connectivity index (χ0v) is 13.1. The van der Waals surface area contributed by atoms with E-state index in [4.69, 9.17) is 4.52 Å². The topological polar surface area (TPSA) is 80.9 Å². The average Bonchev–Trinajstić information content (AvgIpc) is 3.06. The number of hydrogen-bond donors (Lipinski definition) is 1. The van der Waals surface area contributed by atoms with E-state index < -0.39 is 0 Å². The molecule has 1 saturated heterocycles. The first-order valence-corrected chi connectivity index (χ1v) is 8.23. The molecule has 4 rings (SSSR count). The average molecular weight is 312 g/mol. The summed E-state index contributed by atoms with van der Waals surface area (Å²) in [7, 11) is 0. The van der Waals surface area contributed by atoms with Crippen molar-refractivity contribution in [1.29, 1.82) is 0 Å². The van der Waals surface area contributed by atoms with Gasteiger partial charge >= 0.3 is 0 Å². The van der Waals surface area contributed by atoms with Gasteiger partial charge in [0.2, 0.25) is 11.7 Å². The van der Waals surface area contributed by atoms with Gasteiger partial charge in [0.05, 0.1) is 0 Å². The molecule has 6 nitrogen and oxygen atoms in total. The van der Waals surface area contributed by atoms with Crippen LogP contribution in [0.3, 0.4) is 0 Å². The molecule has 1 N–H and O–H groups in total. The Morgan fingerprint density at radius 3 is 2.91 bits per heavy atom. The minimum atomic E-state index is -0.329. The molecule has 0 spiro atoms. The van der Waals surface area contributed by atoms with Gasteiger partial charge in [0.1, 0.15) is 5.92 Å². The summed E-state index contributed by atoms with van der Waals surface area (Å²) in [6.07, 6.45) is 6.60. The lowest BCUT2D eigenvalue weighted by molar-refractivity contribution is -0.129.